The summed E-state index contributed by atoms with van der Waals surface area (Å²) >= 11 is 0. The number of rotatable bonds is 2. The number of nitrogens with zero attached hydrogens (tertiary/aromatic N) is 1. The zero-order valence-corrected chi connectivity index (χ0v) is 11.2. The minimum absolute atomic E-state index is 0. The highest BCUT2D eigenvalue weighted by Gasteiger charge is 2.27. The Kier molecular flexibility index (Phi) is 4.07. The summed E-state index contributed by atoms with van der Waals surface area (Å²) in [6.45, 7) is 0. The Morgan fingerprint density at radius 2 is 2.26 bits per heavy atom. The number of benzene rings is 1. The van der Waals surface area contributed by atoms with Crippen molar-refractivity contribution in [3.63, 3.8) is 0 Å². The van der Waals surface area contributed by atoms with Gasteiger partial charge in [-0.1, -0.05) is 0 Å². The molecule has 1 heterocycles. The van der Waals surface area contributed by atoms with Gasteiger partial charge in [0.2, 0.25) is 5.91 Å². The summed E-state index contributed by atoms with van der Waals surface area (Å²) in [4.78, 5) is 12.0. The Morgan fingerprint density at radius 1 is 1.42 bits per heavy atom. The first-order chi connectivity index (χ1) is 8.72. The Labute approximate surface area is 117 Å². The van der Waals surface area contributed by atoms with Crippen LogP contribution in [0.5, 0.6) is 0 Å². The predicted molar refractivity (Wildman–Crippen MR) is 77.3 cm³/mol. The highest BCUT2D eigenvalue weighted by atomic mass is 35.5. The molecule has 1 aromatic carbocycles. The minimum atomic E-state index is 0. The Bertz CT molecular complexity index is 583. The number of anilines is 1. The number of H-pyrrole nitrogens is 1. The molecule has 1 fully saturated rings. The first kappa shape index (κ1) is 13.8. The van der Waals surface area contributed by atoms with Gasteiger partial charge in [-0.15, -0.1) is 12.4 Å². The van der Waals surface area contributed by atoms with Crippen molar-refractivity contribution in [1.29, 1.82) is 0 Å². The first-order valence-corrected chi connectivity index (χ1v) is 6.22. The van der Waals surface area contributed by atoms with Gasteiger partial charge in [-0.25, -0.2) is 0 Å². The van der Waals surface area contributed by atoms with Crippen LogP contribution in [0.1, 0.15) is 19.3 Å². The van der Waals surface area contributed by atoms with Gasteiger partial charge in [0.05, 0.1) is 11.7 Å². The molecule has 1 saturated carbocycles. The van der Waals surface area contributed by atoms with E-state index in [-0.39, 0.29) is 30.3 Å². The quantitative estimate of drug-likeness (QED) is 0.787. The van der Waals surface area contributed by atoms with Crippen molar-refractivity contribution < 1.29 is 4.79 Å². The predicted octanol–water partition coefficient (Wildman–Crippen LogP) is 2.05. The van der Waals surface area contributed by atoms with E-state index in [1.54, 1.807) is 6.20 Å². The molecule has 1 aliphatic carbocycles. The van der Waals surface area contributed by atoms with Crippen LogP contribution in [0, 0.1) is 5.92 Å². The number of halogens is 1. The molecule has 0 saturated heterocycles. The number of amides is 1. The number of hydrogen-bond donors (Lipinski definition) is 3. The number of nitrogens with two attached hydrogens (primary N) is 1. The van der Waals surface area contributed by atoms with E-state index in [4.69, 9.17) is 5.73 Å². The summed E-state index contributed by atoms with van der Waals surface area (Å²) in [5.74, 6) is 0.130. The maximum atomic E-state index is 12.0. The third-order valence-electron chi connectivity index (χ3n) is 3.55. The molecule has 0 aliphatic heterocycles. The van der Waals surface area contributed by atoms with Gasteiger partial charge in [-0.2, -0.15) is 5.10 Å². The van der Waals surface area contributed by atoms with E-state index in [1.807, 2.05) is 18.2 Å². The third-order valence-corrected chi connectivity index (χ3v) is 3.55. The Balaban J connectivity index is 0.00000133. The van der Waals surface area contributed by atoms with Gasteiger partial charge in [0.25, 0.3) is 0 Å². The molecule has 3 rings (SSSR count). The number of aromatic amines is 1. The monoisotopic (exact) mass is 280 g/mol. The fourth-order valence-electron chi connectivity index (χ4n) is 2.52. The molecule has 1 aromatic heterocycles. The van der Waals surface area contributed by atoms with Crippen molar-refractivity contribution in [1.82, 2.24) is 10.2 Å². The van der Waals surface area contributed by atoms with Crippen molar-refractivity contribution in [3.05, 3.63) is 24.4 Å². The minimum Gasteiger partial charge on any atom is -0.328 e. The fraction of sp³-hybridized carbons (Fsp3) is 0.385. The average Bonchev–Trinajstić information content (AvgIpc) is 2.96. The summed E-state index contributed by atoms with van der Waals surface area (Å²) in [5, 5.41) is 10.8. The Morgan fingerprint density at radius 3 is 3.00 bits per heavy atom. The summed E-state index contributed by atoms with van der Waals surface area (Å²) in [6.07, 6.45) is 4.37. The highest BCUT2D eigenvalue weighted by molar-refractivity contribution is 5.95. The van der Waals surface area contributed by atoms with Crippen LogP contribution in [0.3, 0.4) is 0 Å². The van der Waals surface area contributed by atoms with E-state index in [1.165, 1.54) is 0 Å². The van der Waals surface area contributed by atoms with E-state index in [0.29, 0.717) is 0 Å². The van der Waals surface area contributed by atoms with Crippen LogP contribution in [0.15, 0.2) is 24.4 Å². The second-order valence-corrected chi connectivity index (χ2v) is 4.93. The molecule has 5 nitrogen and oxygen atoms in total. The molecule has 0 unspecified atom stereocenters. The van der Waals surface area contributed by atoms with Crippen molar-refractivity contribution >= 4 is 34.9 Å². The van der Waals surface area contributed by atoms with Crippen LogP contribution in [0.25, 0.3) is 10.9 Å². The zero-order chi connectivity index (χ0) is 12.5. The molecule has 0 spiro atoms. The van der Waals surface area contributed by atoms with Crippen LogP contribution in [0.2, 0.25) is 0 Å². The number of nitrogens with one attached hydrogen (secondary N) is 2. The highest BCUT2D eigenvalue weighted by Crippen LogP contribution is 2.26. The van der Waals surface area contributed by atoms with Gasteiger partial charge < -0.3 is 11.1 Å². The van der Waals surface area contributed by atoms with Crippen molar-refractivity contribution in [2.24, 2.45) is 11.7 Å². The summed E-state index contributed by atoms with van der Waals surface area (Å²) in [6, 6.07) is 5.90. The molecule has 1 aliphatic rings. The van der Waals surface area contributed by atoms with E-state index in [0.717, 1.165) is 35.9 Å². The molecule has 102 valence electrons. The maximum absolute atomic E-state index is 12.0. The Hall–Kier alpha value is -1.59. The lowest BCUT2D eigenvalue weighted by molar-refractivity contribution is -0.119. The largest absolute Gasteiger partial charge is 0.328 e. The molecule has 2 aromatic rings. The summed E-state index contributed by atoms with van der Waals surface area (Å²) in [7, 11) is 0. The van der Waals surface area contributed by atoms with Crippen LogP contribution in [-0.2, 0) is 4.79 Å². The molecular weight excluding hydrogens is 264 g/mol. The number of fused-ring (bicyclic) bond motifs is 1. The van der Waals surface area contributed by atoms with Gasteiger partial charge in [-0.3, -0.25) is 9.89 Å². The standard InChI is InChI=1S/C13H16N4O.ClH/c14-10-2-1-8(5-10)13(18)16-11-3-4-12-9(6-11)7-15-17-12;/h3-4,6-8,10H,1-2,5,14H2,(H,15,17)(H,16,18);1H/t8-,10-;/m1./s1. The van der Waals surface area contributed by atoms with E-state index in [2.05, 4.69) is 15.5 Å². The lowest BCUT2D eigenvalue weighted by Gasteiger charge is -2.10. The topological polar surface area (TPSA) is 83.8 Å². The number of carbonyl (C=O) groups excluding carboxylic acids is 1. The van der Waals surface area contributed by atoms with E-state index in [9.17, 15) is 4.79 Å². The molecule has 0 bridgehead atoms. The second kappa shape index (κ2) is 5.59. The summed E-state index contributed by atoms with van der Waals surface area (Å²) < 4.78 is 0. The molecular formula is C13H17ClN4O. The fourth-order valence-corrected chi connectivity index (χ4v) is 2.52. The van der Waals surface area contributed by atoms with Crippen molar-refractivity contribution in [3.8, 4) is 0 Å². The normalized spacial score (nSPS) is 22.2. The average molecular weight is 281 g/mol. The molecule has 2 atom stereocenters. The number of aromatic nitrogens is 2. The molecule has 6 heteroatoms. The molecule has 0 radical (unpaired) electrons. The molecule has 4 N–H and O–H groups in total. The van der Waals surface area contributed by atoms with Crippen LogP contribution < -0.4 is 11.1 Å². The van der Waals surface area contributed by atoms with Gasteiger partial charge >= 0.3 is 0 Å². The van der Waals surface area contributed by atoms with Crippen LogP contribution >= 0.6 is 12.4 Å². The van der Waals surface area contributed by atoms with Crippen LogP contribution in [-0.4, -0.2) is 22.1 Å². The lowest BCUT2D eigenvalue weighted by atomic mass is 10.1. The van der Waals surface area contributed by atoms with Gasteiger partial charge in [-0.05, 0) is 37.5 Å². The van der Waals surface area contributed by atoms with Crippen molar-refractivity contribution in [2.75, 3.05) is 5.32 Å². The zero-order valence-electron chi connectivity index (χ0n) is 10.4. The second-order valence-electron chi connectivity index (χ2n) is 4.93. The van der Waals surface area contributed by atoms with E-state index >= 15 is 0 Å². The van der Waals surface area contributed by atoms with E-state index < -0.39 is 0 Å². The molecule has 19 heavy (non-hydrogen) atoms. The first-order valence-electron chi connectivity index (χ1n) is 6.22. The van der Waals surface area contributed by atoms with Gasteiger partial charge in [0, 0.05) is 23.0 Å². The maximum Gasteiger partial charge on any atom is 0.227 e. The van der Waals surface area contributed by atoms with Crippen LogP contribution in [0.4, 0.5) is 5.69 Å². The smallest absolute Gasteiger partial charge is 0.227 e. The number of carbonyl (C=O) groups is 1. The molecule has 1 amide bonds. The summed E-state index contributed by atoms with van der Waals surface area (Å²) in [5.41, 5.74) is 7.61. The number of hydrogen-bond acceptors (Lipinski definition) is 3. The van der Waals surface area contributed by atoms with Crippen molar-refractivity contribution in [2.45, 2.75) is 25.3 Å². The van der Waals surface area contributed by atoms with Gasteiger partial charge in [0.15, 0.2) is 0 Å². The van der Waals surface area contributed by atoms with Gasteiger partial charge in [0.1, 0.15) is 0 Å². The third kappa shape index (κ3) is 2.88. The SMILES string of the molecule is Cl.N[C@@H]1CC[C@@H](C(=O)Nc2ccc3[nH]ncc3c2)C1. The lowest BCUT2D eigenvalue weighted by Crippen LogP contribution is -2.23.